The van der Waals surface area contributed by atoms with Crippen molar-refractivity contribution < 1.29 is 23.1 Å². The summed E-state index contributed by atoms with van der Waals surface area (Å²) in [6, 6.07) is 0.363. The van der Waals surface area contributed by atoms with E-state index in [0.717, 1.165) is 16.3 Å². The van der Waals surface area contributed by atoms with Gasteiger partial charge in [0.15, 0.2) is 10.9 Å². The van der Waals surface area contributed by atoms with E-state index in [1.54, 1.807) is 0 Å². The van der Waals surface area contributed by atoms with Gasteiger partial charge in [0.25, 0.3) is 5.56 Å². The maximum absolute atomic E-state index is 12.4. The zero-order valence-electron chi connectivity index (χ0n) is 9.19. The molecule has 0 amide bonds. The maximum atomic E-state index is 12.4. The molecular weight excluding hydrogens is 273 g/mol. The van der Waals surface area contributed by atoms with Gasteiger partial charge in [-0.1, -0.05) is 11.8 Å². The SMILES string of the molecule is CSc1nc(C(F)(F)F)cc(=O)n1CCC(=O)O. The molecule has 1 rings (SSSR count). The lowest BCUT2D eigenvalue weighted by atomic mass is 10.4. The summed E-state index contributed by atoms with van der Waals surface area (Å²) < 4.78 is 38.2. The molecule has 1 N–H and O–H groups in total. The van der Waals surface area contributed by atoms with E-state index in [1.807, 2.05) is 0 Å². The average molecular weight is 282 g/mol. The van der Waals surface area contributed by atoms with Crippen LogP contribution in [0, 0.1) is 0 Å². The first kappa shape index (κ1) is 14.6. The Hall–Kier alpha value is -1.51. The average Bonchev–Trinajstić information content (AvgIpc) is 2.24. The molecule has 0 fully saturated rings. The van der Waals surface area contributed by atoms with E-state index in [0.29, 0.717) is 6.07 Å². The van der Waals surface area contributed by atoms with Crippen molar-refractivity contribution in [3.05, 3.63) is 22.1 Å². The van der Waals surface area contributed by atoms with Gasteiger partial charge < -0.3 is 5.11 Å². The van der Waals surface area contributed by atoms with Crippen molar-refractivity contribution >= 4 is 17.7 Å². The summed E-state index contributed by atoms with van der Waals surface area (Å²) in [7, 11) is 0. The summed E-state index contributed by atoms with van der Waals surface area (Å²) in [5.74, 6) is -1.14. The van der Waals surface area contributed by atoms with E-state index in [9.17, 15) is 22.8 Å². The standard InChI is InChI=1S/C9H9F3N2O3S/c1-18-8-13-5(9(10,11)12)4-6(15)14(8)3-2-7(16)17/h4H,2-3H2,1H3,(H,16,17). The smallest absolute Gasteiger partial charge is 0.433 e. The molecule has 18 heavy (non-hydrogen) atoms. The van der Waals surface area contributed by atoms with Crippen molar-refractivity contribution in [3.63, 3.8) is 0 Å². The van der Waals surface area contributed by atoms with Gasteiger partial charge in [0.1, 0.15) is 0 Å². The van der Waals surface area contributed by atoms with Crippen molar-refractivity contribution in [2.45, 2.75) is 24.3 Å². The van der Waals surface area contributed by atoms with Gasteiger partial charge in [-0.05, 0) is 6.26 Å². The number of carboxylic acid groups (broad SMARTS) is 1. The molecule has 0 aliphatic rings. The Morgan fingerprint density at radius 1 is 1.56 bits per heavy atom. The first-order chi connectivity index (χ1) is 8.25. The molecule has 9 heteroatoms. The number of aliphatic carboxylic acids is 1. The Morgan fingerprint density at radius 3 is 2.61 bits per heavy atom. The molecule has 0 saturated carbocycles. The van der Waals surface area contributed by atoms with Gasteiger partial charge in [0, 0.05) is 12.6 Å². The predicted octanol–water partition coefficient (Wildman–Crippen LogP) is 1.46. The van der Waals surface area contributed by atoms with E-state index in [4.69, 9.17) is 5.11 Å². The van der Waals surface area contributed by atoms with Crippen molar-refractivity contribution in [2.75, 3.05) is 6.26 Å². The first-order valence-corrected chi connectivity index (χ1v) is 5.93. The summed E-state index contributed by atoms with van der Waals surface area (Å²) in [4.78, 5) is 25.2. The highest BCUT2D eigenvalue weighted by atomic mass is 32.2. The Morgan fingerprint density at radius 2 is 2.17 bits per heavy atom. The third kappa shape index (κ3) is 3.49. The quantitative estimate of drug-likeness (QED) is 0.668. The Labute approximate surface area is 104 Å². The Kier molecular flexibility index (Phi) is 4.38. The van der Waals surface area contributed by atoms with E-state index >= 15 is 0 Å². The molecule has 0 bridgehead atoms. The predicted molar refractivity (Wildman–Crippen MR) is 57.5 cm³/mol. The number of rotatable bonds is 4. The minimum absolute atomic E-state index is 0.156. The summed E-state index contributed by atoms with van der Waals surface area (Å²) in [6.45, 7) is -0.213. The highest BCUT2D eigenvalue weighted by Crippen LogP contribution is 2.27. The van der Waals surface area contributed by atoms with Crippen LogP contribution in [-0.4, -0.2) is 26.9 Å². The number of thioether (sulfide) groups is 1. The fourth-order valence-corrected chi connectivity index (χ4v) is 1.79. The van der Waals surface area contributed by atoms with Gasteiger partial charge in [-0.2, -0.15) is 13.2 Å². The minimum Gasteiger partial charge on any atom is -0.481 e. The van der Waals surface area contributed by atoms with Gasteiger partial charge in [-0.3, -0.25) is 14.2 Å². The molecule has 0 radical (unpaired) electrons. The van der Waals surface area contributed by atoms with Crippen LogP contribution >= 0.6 is 11.8 Å². The van der Waals surface area contributed by atoms with Crippen LogP contribution in [0.25, 0.3) is 0 Å². The van der Waals surface area contributed by atoms with Gasteiger partial charge in [0.2, 0.25) is 0 Å². The molecule has 1 aromatic heterocycles. The van der Waals surface area contributed by atoms with Crippen LogP contribution in [0.2, 0.25) is 0 Å². The van der Waals surface area contributed by atoms with Crippen molar-refractivity contribution in [2.24, 2.45) is 0 Å². The maximum Gasteiger partial charge on any atom is 0.433 e. The zero-order valence-corrected chi connectivity index (χ0v) is 10.0. The molecule has 0 aliphatic carbocycles. The van der Waals surface area contributed by atoms with E-state index < -0.39 is 23.4 Å². The fraction of sp³-hybridized carbons (Fsp3) is 0.444. The molecule has 1 aromatic rings. The summed E-state index contributed by atoms with van der Waals surface area (Å²) in [5.41, 5.74) is -2.19. The number of hydrogen-bond acceptors (Lipinski definition) is 4. The molecular formula is C9H9F3N2O3S. The second kappa shape index (κ2) is 5.42. The largest absolute Gasteiger partial charge is 0.481 e. The Balaban J connectivity index is 3.21. The van der Waals surface area contributed by atoms with Crippen LogP contribution < -0.4 is 5.56 Å². The normalized spacial score (nSPS) is 11.6. The molecule has 0 spiro atoms. The lowest BCUT2D eigenvalue weighted by Crippen LogP contribution is -2.26. The molecule has 0 atom stereocenters. The molecule has 100 valence electrons. The second-order valence-corrected chi connectivity index (χ2v) is 4.03. The van der Waals surface area contributed by atoms with Crippen LogP contribution in [0.3, 0.4) is 0 Å². The van der Waals surface area contributed by atoms with Crippen LogP contribution in [0.1, 0.15) is 12.1 Å². The van der Waals surface area contributed by atoms with Crippen LogP contribution in [0.5, 0.6) is 0 Å². The number of hydrogen-bond donors (Lipinski definition) is 1. The molecule has 0 saturated heterocycles. The topological polar surface area (TPSA) is 72.2 Å². The van der Waals surface area contributed by atoms with E-state index in [2.05, 4.69) is 4.98 Å². The number of alkyl halides is 3. The molecule has 0 aliphatic heterocycles. The van der Waals surface area contributed by atoms with E-state index in [1.165, 1.54) is 6.26 Å². The third-order valence-electron chi connectivity index (χ3n) is 2.00. The second-order valence-electron chi connectivity index (χ2n) is 3.26. The summed E-state index contributed by atoms with van der Waals surface area (Å²) in [6.07, 6.45) is -3.60. The van der Waals surface area contributed by atoms with Gasteiger partial charge >= 0.3 is 12.1 Å². The van der Waals surface area contributed by atoms with Gasteiger partial charge in [0.05, 0.1) is 6.42 Å². The highest BCUT2D eigenvalue weighted by Gasteiger charge is 2.34. The Bertz CT molecular complexity index is 513. The zero-order chi connectivity index (χ0) is 13.9. The van der Waals surface area contributed by atoms with Crippen LogP contribution in [-0.2, 0) is 17.5 Å². The number of halogens is 3. The summed E-state index contributed by atoms with van der Waals surface area (Å²) >= 11 is 0.850. The number of carbonyl (C=O) groups is 1. The van der Waals surface area contributed by atoms with Crippen molar-refractivity contribution in [1.82, 2.24) is 9.55 Å². The third-order valence-corrected chi connectivity index (χ3v) is 2.67. The number of carboxylic acids is 1. The lowest BCUT2D eigenvalue weighted by Gasteiger charge is -2.12. The van der Waals surface area contributed by atoms with Crippen molar-refractivity contribution in [3.8, 4) is 0 Å². The van der Waals surface area contributed by atoms with Gasteiger partial charge in [-0.15, -0.1) is 0 Å². The number of aromatic nitrogens is 2. The molecule has 0 aromatic carbocycles. The minimum atomic E-state index is -4.70. The molecule has 1 heterocycles. The van der Waals surface area contributed by atoms with Crippen LogP contribution in [0.15, 0.2) is 16.0 Å². The monoisotopic (exact) mass is 282 g/mol. The molecule has 5 nitrogen and oxygen atoms in total. The first-order valence-electron chi connectivity index (χ1n) is 4.70. The highest BCUT2D eigenvalue weighted by molar-refractivity contribution is 7.98. The van der Waals surface area contributed by atoms with Gasteiger partial charge in [-0.25, -0.2) is 4.98 Å². The van der Waals surface area contributed by atoms with E-state index in [-0.39, 0.29) is 18.1 Å². The lowest BCUT2D eigenvalue weighted by molar-refractivity contribution is -0.142. The molecule has 0 unspecified atom stereocenters. The number of nitrogens with zero attached hydrogens (tertiary/aromatic N) is 2. The van der Waals surface area contributed by atoms with Crippen LogP contribution in [0.4, 0.5) is 13.2 Å². The van der Waals surface area contributed by atoms with Crippen molar-refractivity contribution in [1.29, 1.82) is 0 Å². The summed E-state index contributed by atoms with van der Waals surface area (Å²) in [5, 5.41) is 8.33. The fourth-order valence-electron chi connectivity index (χ4n) is 1.20.